The van der Waals surface area contributed by atoms with Gasteiger partial charge in [0, 0.05) is 19.5 Å². The lowest BCUT2D eigenvalue weighted by molar-refractivity contribution is -0.144. The Bertz CT molecular complexity index is 530. The number of nitrogens with zero attached hydrogens (tertiary/aromatic N) is 1. The molecule has 21 heavy (non-hydrogen) atoms. The van der Waals surface area contributed by atoms with Crippen molar-refractivity contribution in [2.24, 2.45) is 17.4 Å². The molecule has 2 amide bonds. The number of amides is 2. The number of hydrogen-bond acceptors (Lipinski definition) is 3. The van der Waals surface area contributed by atoms with Crippen molar-refractivity contribution >= 4 is 11.8 Å². The Morgan fingerprint density at radius 3 is 2.57 bits per heavy atom. The fraction of sp³-hybridized carbons (Fsp3) is 0.500. The van der Waals surface area contributed by atoms with Crippen LogP contribution in [-0.4, -0.2) is 29.3 Å². The molecule has 2 rings (SSSR count). The van der Waals surface area contributed by atoms with E-state index in [1.165, 1.54) is 0 Å². The third-order valence-electron chi connectivity index (χ3n) is 4.13. The Morgan fingerprint density at radius 1 is 1.33 bits per heavy atom. The van der Waals surface area contributed by atoms with Gasteiger partial charge in [-0.3, -0.25) is 9.59 Å². The van der Waals surface area contributed by atoms with Crippen LogP contribution in [0.25, 0.3) is 0 Å². The van der Waals surface area contributed by atoms with Crippen molar-refractivity contribution < 1.29 is 9.59 Å². The highest BCUT2D eigenvalue weighted by atomic mass is 16.2. The van der Waals surface area contributed by atoms with Crippen molar-refractivity contribution in [3.63, 3.8) is 0 Å². The second-order valence-corrected chi connectivity index (χ2v) is 5.58. The first-order chi connectivity index (χ1) is 10.1. The van der Waals surface area contributed by atoms with Crippen LogP contribution in [-0.2, 0) is 22.6 Å². The van der Waals surface area contributed by atoms with Crippen LogP contribution < -0.4 is 11.5 Å². The van der Waals surface area contributed by atoms with E-state index in [0.717, 1.165) is 24.0 Å². The van der Waals surface area contributed by atoms with E-state index >= 15 is 0 Å². The molecule has 1 aliphatic rings. The van der Waals surface area contributed by atoms with Gasteiger partial charge in [0.2, 0.25) is 11.8 Å². The number of primary amides is 1. The predicted molar refractivity (Wildman–Crippen MR) is 81.1 cm³/mol. The van der Waals surface area contributed by atoms with Crippen LogP contribution in [0.1, 0.15) is 30.9 Å². The summed E-state index contributed by atoms with van der Waals surface area (Å²) < 4.78 is 0. The highest BCUT2D eigenvalue weighted by molar-refractivity contribution is 5.88. The summed E-state index contributed by atoms with van der Waals surface area (Å²) in [6.07, 6.45) is 2.11. The van der Waals surface area contributed by atoms with E-state index in [9.17, 15) is 9.59 Å². The number of fused-ring (bicyclic) bond motifs is 1. The molecule has 1 aliphatic heterocycles. The van der Waals surface area contributed by atoms with Crippen LogP contribution >= 0.6 is 0 Å². The molecule has 0 radical (unpaired) electrons. The van der Waals surface area contributed by atoms with E-state index in [1.807, 2.05) is 31.2 Å². The normalized spacial score (nSPS) is 19.0. The molecule has 0 saturated carbocycles. The van der Waals surface area contributed by atoms with Crippen LogP contribution in [0.2, 0.25) is 0 Å². The Labute approximate surface area is 125 Å². The molecule has 0 aromatic heterocycles. The van der Waals surface area contributed by atoms with E-state index in [-0.39, 0.29) is 11.8 Å². The molecule has 5 heteroatoms. The van der Waals surface area contributed by atoms with Crippen molar-refractivity contribution in [3.8, 4) is 0 Å². The summed E-state index contributed by atoms with van der Waals surface area (Å²) in [6, 6.07) is 7.29. The van der Waals surface area contributed by atoms with Crippen molar-refractivity contribution in [3.05, 3.63) is 35.4 Å². The molecule has 1 aromatic carbocycles. The Hall–Kier alpha value is -1.88. The van der Waals surface area contributed by atoms with Crippen LogP contribution in [0.15, 0.2) is 24.3 Å². The summed E-state index contributed by atoms with van der Waals surface area (Å²) in [5.74, 6) is -0.745. The summed E-state index contributed by atoms with van der Waals surface area (Å²) in [6.45, 7) is 2.76. The van der Waals surface area contributed by atoms with E-state index < -0.39 is 11.9 Å². The second kappa shape index (κ2) is 6.72. The SMILES string of the molecule is CCCC(CN)C(=O)N1Cc2ccccc2C[C@H]1C(N)=O. The average molecular weight is 289 g/mol. The molecule has 2 atom stereocenters. The van der Waals surface area contributed by atoms with Gasteiger partial charge in [0.1, 0.15) is 6.04 Å². The molecule has 4 N–H and O–H groups in total. The Balaban J connectivity index is 2.28. The number of carbonyl (C=O) groups excluding carboxylic acids is 2. The third-order valence-corrected chi connectivity index (χ3v) is 4.13. The summed E-state index contributed by atoms with van der Waals surface area (Å²) in [4.78, 5) is 26.0. The number of rotatable bonds is 5. The van der Waals surface area contributed by atoms with Crippen molar-refractivity contribution in [2.75, 3.05) is 6.54 Å². The average Bonchev–Trinajstić information content (AvgIpc) is 2.50. The largest absolute Gasteiger partial charge is 0.368 e. The summed E-state index contributed by atoms with van der Waals surface area (Å²) in [5.41, 5.74) is 13.4. The minimum Gasteiger partial charge on any atom is -0.368 e. The van der Waals surface area contributed by atoms with E-state index in [4.69, 9.17) is 11.5 Å². The molecular weight excluding hydrogens is 266 g/mol. The first-order valence-electron chi connectivity index (χ1n) is 7.45. The second-order valence-electron chi connectivity index (χ2n) is 5.58. The zero-order valence-electron chi connectivity index (χ0n) is 12.4. The van der Waals surface area contributed by atoms with E-state index in [2.05, 4.69) is 0 Å². The van der Waals surface area contributed by atoms with Crippen molar-refractivity contribution in [1.29, 1.82) is 0 Å². The smallest absolute Gasteiger partial charge is 0.240 e. The number of benzene rings is 1. The first kappa shape index (κ1) is 15.5. The maximum atomic E-state index is 12.7. The van der Waals surface area contributed by atoms with Crippen LogP contribution in [0, 0.1) is 5.92 Å². The maximum Gasteiger partial charge on any atom is 0.240 e. The Kier molecular flexibility index (Phi) is 4.96. The fourth-order valence-electron chi connectivity index (χ4n) is 2.93. The molecule has 0 fully saturated rings. The number of nitrogens with two attached hydrogens (primary N) is 2. The van der Waals surface area contributed by atoms with Crippen molar-refractivity contribution in [2.45, 2.75) is 38.8 Å². The minimum absolute atomic E-state index is 0.0577. The Morgan fingerprint density at radius 2 is 2.00 bits per heavy atom. The van der Waals surface area contributed by atoms with Gasteiger partial charge in [-0.05, 0) is 17.5 Å². The highest BCUT2D eigenvalue weighted by Crippen LogP contribution is 2.25. The first-order valence-corrected chi connectivity index (χ1v) is 7.45. The van der Waals surface area contributed by atoms with Gasteiger partial charge in [0.05, 0.1) is 5.92 Å². The third kappa shape index (κ3) is 3.24. The van der Waals surface area contributed by atoms with E-state index in [1.54, 1.807) is 4.90 Å². The van der Waals surface area contributed by atoms with Gasteiger partial charge in [-0.1, -0.05) is 37.6 Å². The zero-order valence-corrected chi connectivity index (χ0v) is 12.4. The van der Waals surface area contributed by atoms with Crippen LogP contribution in [0.4, 0.5) is 0 Å². The maximum absolute atomic E-state index is 12.7. The summed E-state index contributed by atoms with van der Waals surface area (Å²) in [7, 11) is 0. The molecule has 1 heterocycles. The van der Waals surface area contributed by atoms with Gasteiger partial charge < -0.3 is 16.4 Å². The fourth-order valence-corrected chi connectivity index (χ4v) is 2.93. The van der Waals surface area contributed by atoms with Crippen LogP contribution in [0.3, 0.4) is 0 Å². The topological polar surface area (TPSA) is 89.4 Å². The molecule has 114 valence electrons. The zero-order chi connectivity index (χ0) is 15.4. The standard InChI is InChI=1S/C16H23N3O2/c1-2-5-12(9-17)16(21)19-10-13-7-4-3-6-11(13)8-14(19)15(18)20/h3-4,6-7,12,14H,2,5,8-10,17H2,1H3,(H2,18,20)/t12?,14-/m0/s1. The van der Waals surface area contributed by atoms with Gasteiger partial charge >= 0.3 is 0 Å². The molecule has 1 unspecified atom stereocenters. The summed E-state index contributed by atoms with van der Waals surface area (Å²) >= 11 is 0. The van der Waals surface area contributed by atoms with Gasteiger partial charge in [0.15, 0.2) is 0 Å². The molecule has 0 saturated heterocycles. The molecule has 0 spiro atoms. The quantitative estimate of drug-likeness (QED) is 0.840. The summed E-state index contributed by atoms with van der Waals surface area (Å²) in [5, 5.41) is 0. The van der Waals surface area contributed by atoms with Crippen molar-refractivity contribution in [1.82, 2.24) is 4.90 Å². The van der Waals surface area contributed by atoms with Gasteiger partial charge in [-0.25, -0.2) is 0 Å². The monoisotopic (exact) mass is 289 g/mol. The van der Waals surface area contributed by atoms with Crippen LogP contribution in [0.5, 0.6) is 0 Å². The van der Waals surface area contributed by atoms with Gasteiger partial charge in [-0.15, -0.1) is 0 Å². The van der Waals surface area contributed by atoms with Gasteiger partial charge in [-0.2, -0.15) is 0 Å². The van der Waals surface area contributed by atoms with E-state index in [0.29, 0.717) is 19.5 Å². The lowest BCUT2D eigenvalue weighted by Crippen LogP contribution is -2.53. The molecule has 0 bridgehead atoms. The lowest BCUT2D eigenvalue weighted by Gasteiger charge is -2.37. The minimum atomic E-state index is -0.571. The molecule has 5 nitrogen and oxygen atoms in total. The highest BCUT2D eigenvalue weighted by Gasteiger charge is 2.35. The number of carbonyl (C=O) groups is 2. The predicted octanol–water partition coefficient (Wildman–Crippen LogP) is 0.800. The number of hydrogen-bond donors (Lipinski definition) is 2. The molecule has 0 aliphatic carbocycles. The molecular formula is C16H23N3O2. The molecule has 1 aromatic rings. The van der Waals surface area contributed by atoms with Gasteiger partial charge in [0.25, 0.3) is 0 Å². The lowest BCUT2D eigenvalue weighted by atomic mass is 9.91.